The predicted octanol–water partition coefficient (Wildman–Crippen LogP) is 2.54. The van der Waals surface area contributed by atoms with Crippen molar-refractivity contribution in [1.82, 2.24) is 9.38 Å². The number of carbonyl (C=O) groups is 2. The Labute approximate surface area is 146 Å². The number of allylic oxidation sites excluding steroid dienone is 1. The lowest BCUT2D eigenvalue weighted by Crippen LogP contribution is -2.13. The standard InChI is InChI=1S/C18H15N3O3S/c1-25(24)18-20-16(15-10-4-5-11-21(15)18)17(23)19-14-9-3-2-7-13(14)8-6-12-22/h2-12H,1H3,(H,19,23)/b8-6+. The van der Waals surface area contributed by atoms with E-state index in [1.165, 1.54) is 12.3 Å². The Bertz CT molecular complexity index is 1010. The minimum absolute atomic E-state index is 0.194. The van der Waals surface area contributed by atoms with Crippen LogP contribution < -0.4 is 5.32 Å². The fraction of sp³-hybridized carbons (Fsp3) is 0.0556. The normalized spacial score (nSPS) is 12.4. The van der Waals surface area contributed by atoms with Crippen LogP contribution in [-0.4, -0.2) is 32.0 Å². The highest BCUT2D eigenvalue weighted by atomic mass is 32.2. The second kappa shape index (κ2) is 7.23. The Morgan fingerprint density at radius 1 is 1.20 bits per heavy atom. The van der Waals surface area contributed by atoms with E-state index in [1.807, 2.05) is 6.07 Å². The Balaban J connectivity index is 2.01. The summed E-state index contributed by atoms with van der Waals surface area (Å²) >= 11 is 0. The molecule has 0 aliphatic heterocycles. The number of aromatic nitrogens is 2. The van der Waals surface area contributed by atoms with Crippen LogP contribution in [0.2, 0.25) is 0 Å². The first-order valence-corrected chi connectivity index (χ1v) is 9.00. The highest BCUT2D eigenvalue weighted by Crippen LogP contribution is 2.20. The summed E-state index contributed by atoms with van der Waals surface area (Å²) in [6.07, 6.45) is 6.87. The number of carbonyl (C=O) groups excluding carboxylic acids is 2. The Kier molecular flexibility index (Phi) is 4.85. The average Bonchev–Trinajstić information content (AvgIpc) is 3.01. The average molecular weight is 353 g/mol. The number of nitrogens with one attached hydrogen (secondary N) is 1. The smallest absolute Gasteiger partial charge is 0.276 e. The Morgan fingerprint density at radius 3 is 2.72 bits per heavy atom. The number of rotatable bonds is 5. The first kappa shape index (κ1) is 16.8. The SMILES string of the molecule is CS(=O)c1nc(C(=O)Nc2ccccc2/C=C/C=O)c2ccccn12. The molecule has 7 heteroatoms. The number of hydrogen-bond donors (Lipinski definition) is 1. The summed E-state index contributed by atoms with van der Waals surface area (Å²) in [5, 5.41) is 3.11. The van der Waals surface area contributed by atoms with Gasteiger partial charge in [-0.3, -0.25) is 18.2 Å². The third kappa shape index (κ3) is 3.41. The quantitative estimate of drug-likeness (QED) is 0.565. The fourth-order valence-corrected chi connectivity index (χ4v) is 3.12. The number of nitrogens with zero attached hydrogens (tertiary/aromatic N) is 2. The van der Waals surface area contributed by atoms with Crippen molar-refractivity contribution in [1.29, 1.82) is 0 Å². The molecule has 1 N–H and O–H groups in total. The number of pyridine rings is 1. The van der Waals surface area contributed by atoms with Gasteiger partial charge in [0.2, 0.25) is 5.16 Å². The first-order chi connectivity index (χ1) is 12.1. The molecule has 0 aliphatic rings. The van der Waals surface area contributed by atoms with Crippen LogP contribution in [0.15, 0.2) is 59.9 Å². The molecule has 2 aromatic heterocycles. The molecule has 25 heavy (non-hydrogen) atoms. The summed E-state index contributed by atoms with van der Waals surface area (Å²) in [7, 11) is -1.33. The summed E-state index contributed by atoms with van der Waals surface area (Å²) in [6, 6.07) is 12.4. The summed E-state index contributed by atoms with van der Waals surface area (Å²) in [5.74, 6) is -0.410. The van der Waals surface area contributed by atoms with Crippen LogP contribution in [-0.2, 0) is 15.6 Å². The van der Waals surface area contributed by atoms with Gasteiger partial charge in [0.1, 0.15) is 6.29 Å². The number of amides is 1. The fourth-order valence-electron chi connectivity index (χ4n) is 2.46. The van der Waals surface area contributed by atoms with Crippen LogP contribution in [0.25, 0.3) is 11.6 Å². The lowest BCUT2D eigenvalue weighted by Gasteiger charge is -2.07. The highest BCUT2D eigenvalue weighted by molar-refractivity contribution is 7.84. The van der Waals surface area contributed by atoms with E-state index in [0.29, 0.717) is 28.2 Å². The van der Waals surface area contributed by atoms with Crippen molar-refractivity contribution in [2.24, 2.45) is 0 Å². The van der Waals surface area contributed by atoms with Gasteiger partial charge in [0.15, 0.2) is 5.69 Å². The maximum atomic E-state index is 12.7. The van der Waals surface area contributed by atoms with Crippen molar-refractivity contribution in [3.63, 3.8) is 0 Å². The molecule has 3 rings (SSSR count). The maximum absolute atomic E-state index is 12.7. The predicted molar refractivity (Wildman–Crippen MR) is 97.0 cm³/mol. The molecule has 1 aromatic carbocycles. The van der Waals surface area contributed by atoms with Crippen LogP contribution in [0.1, 0.15) is 16.1 Å². The molecule has 0 spiro atoms. The number of benzene rings is 1. The van der Waals surface area contributed by atoms with Crippen molar-refractivity contribution >= 4 is 40.3 Å². The zero-order valence-electron chi connectivity index (χ0n) is 13.4. The minimum Gasteiger partial charge on any atom is -0.320 e. The monoisotopic (exact) mass is 353 g/mol. The van der Waals surface area contributed by atoms with Gasteiger partial charge in [0.05, 0.1) is 16.3 Å². The molecule has 0 fully saturated rings. The first-order valence-electron chi connectivity index (χ1n) is 7.44. The molecule has 0 radical (unpaired) electrons. The van der Waals surface area contributed by atoms with Gasteiger partial charge in [-0.15, -0.1) is 0 Å². The molecule has 6 nitrogen and oxygen atoms in total. The van der Waals surface area contributed by atoms with Crippen molar-refractivity contribution in [3.8, 4) is 0 Å². The Hall–Kier alpha value is -3.06. The number of hydrogen-bond acceptors (Lipinski definition) is 4. The highest BCUT2D eigenvalue weighted by Gasteiger charge is 2.19. The molecular weight excluding hydrogens is 338 g/mol. The minimum atomic E-state index is -1.33. The Morgan fingerprint density at radius 2 is 1.96 bits per heavy atom. The van der Waals surface area contributed by atoms with Gasteiger partial charge in [-0.05, 0) is 35.9 Å². The molecule has 0 aliphatic carbocycles. The summed E-state index contributed by atoms with van der Waals surface area (Å²) in [6.45, 7) is 0. The van der Waals surface area contributed by atoms with E-state index >= 15 is 0 Å². The van der Waals surface area contributed by atoms with Gasteiger partial charge >= 0.3 is 0 Å². The van der Waals surface area contributed by atoms with Gasteiger partial charge in [-0.25, -0.2) is 4.98 Å². The molecule has 0 saturated heterocycles. The zero-order chi connectivity index (χ0) is 17.8. The van der Waals surface area contributed by atoms with Crippen LogP contribution in [0, 0.1) is 0 Å². The van der Waals surface area contributed by atoms with Gasteiger partial charge in [-0.2, -0.15) is 0 Å². The molecule has 0 saturated carbocycles. The summed E-state index contributed by atoms with van der Waals surface area (Å²) in [4.78, 5) is 27.5. The van der Waals surface area contributed by atoms with Crippen molar-refractivity contribution < 1.29 is 13.8 Å². The summed E-state index contributed by atoms with van der Waals surface area (Å²) in [5.41, 5.74) is 2.03. The topological polar surface area (TPSA) is 80.5 Å². The molecular formula is C18H15N3O3S. The second-order valence-corrected chi connectivity index (χ2v) is 6.46. The third-order valence-electron chi connectivity index (χ3n) is 3.55. The largest absolute Gasteiger partial charge is 0.320 e. The third-order valence-corrected chi connectivity index (χ3v) is 4.35. The molecule has 1 amide bonds. The van der Waals surface area contributed by atoms with Gasteiger partial charge in [-0.1, -0.05) is 24.3 Å². The molecule has 126 valence electrons. The number of aldehydes is 1. The van der Waals surface area contributed by atoms with Gasteiger partial charge in [0.25, 0.3) is 5.91 Å². The van der Waals surface area contributed by atoms with Gasteiger partial charge < -0.3 is 5.32 Å². The van der Waals surface area contributed by atoms with Crippen LogP contribution >= 0.6 is 0 Å². The van der Waals surface area contributed by atoms with Crippen molar-refractivity contribution in [2.75, 3.05) is 11.6 Å². The lowest BCUT2D eigenvalue weighted by atomic mass is 10.1. The number of imidazole rings is 1. The van der Waals surface area contributed by atoms with Gasteiger partial charge in [0, 0.05) is 18.1 Å². The maximum Gasteiger partial charge on any atom is 0.276 e. The van der Waals surface area contributed by atoms with E-state index in [0.717, 1.165) is 0 Å². The van der Waals surface area contributed by atoms with E-state index in [-0.39, 0.29) is 5.69 Å². The molecule has 3 aromatic rings. The lowest BCUT2D eigenvalue weighted by molar-refractivity contribution is -0.104. The second-order valence-electron chi connectivity index (χ2n) is 5.19. The van der Waals surface area contributed by atoms with E-state index in [9.17, 15) is 13.8 Å². The molecule has 0 bridgehead atoms. The zero-order valence-corrected chi connectivity index (χ0v) is 14.2. The molecule has 1 atom stereocenters. The number of fused-ring (bicyclic) bond motifs is 1. The van der Waals surface area contributed by atoms with E-state index in [2.05, 4.69) is 10.3 Å². The van der Waals surface area contributed by atoms with Crippen LogP contribution in [0.3, 0.4) is 0 Å². The molecule has 2 heterocycles. The van der Waals surface area contributed by atoms with E-state index in [4.69, 9.17) is 0 Å². The number of para-hydroxylation sites is 1. The van der Waals surface area contributed by atoms with Crippen molar-refractivity contribution in [3.05, 3.63) is 66.0 Å². The van der Waals surface area contributed by atoms with E-state index < -0.39 is 16.7 Å². The summed E-state index contributed by atoms with van der Waals surface area (Å²) < 4.78 is 13.5. The van der Waals surface area contributed by atoms with Crippen LogP contribution in [0.4, 0.5) is 5.69 Å². The van der Waals surface area contributed by atoms with E-state index in [1.54, 1.807) is 53.1 Å². The molecule has 1 unspecified atom stereocenters. The van der Waals surface area contributed by atoms with Crippen LogP contribution in [0.5, 0.6) is 0 Å². The van der Waals surface area contributed by atoms with Crippen molar-refractivity contribution in [2.45, 2.75) is 5.16 Å². The number of anilines is 1.